The molecule has 0 spiro atoms. The van der Waals surface area contributed by atoms with Gasteiger partial charge >= 0.3 is 5.97 Å². The summed E-state index contributed by atoms with van der Waals surface area (Å²) < 4.78 is 5.26. The second-order valence-electron chi connectivity index (χ2n) is 7.02. The quantitative estimate of drug-likeness (QED) is 0.264. The van der Waals surface area contributed by atoms with Crippen LogP contribution in [0, 0.1) is 5.92 Å². The molecule has 0 aliphatic carbocycles. The van der Waals surface area contributed by atoms with Gasteiger partial charge in [0.1, 0.15) is 5.60 Å². The van der Waals surface area contributed by atoms with Crippen molar-refractivity contribution in [3.8, 4) is 0 Å². The lowest BCUT2D eigenvalue weighted by Crippen LogP contribution is -2.22. The molecule has 0 aromatic carbocycles. The second-order valence-corrected chi connectivity index (χ2v) is 7.02. The van der Waals surface area contributed by atoms with E-state index in [4.69, 9.17) is 4.74 Å². The number of carbonyl (C=O) groups excluding carboxylic acids is 1. The van der Waals surface area contributed by atoms with Gasteiger partial charge < -0.3 is 4.74 Å². The van der Waals surface area contributed by atoms with Crippen molar-refractivity contribution in [1.29, 1.82) is 0 Å². The highest BCUT2D eigenvalue weighted by Gasteiger charge is 2.14. The zero-order valence-electron chi connectivity index (χ0n) is 14.8. The predicted molar refractivity (Wildman–Crippen MR) is 91.2 cm³/mol. The Labute approximate surface area is 131 Å². The van der Waals surface area contributed by atoms with Crippen LogP contribution >= 0.6 is 0 Å². The standard InChI is InChI=1S/C19H32O2/c1-15(2)10-8-11-16(3)12-9-13-17(4)14-18(20)21-19(5,6)7/h9-10,13-14,16H,8,11-12H2,1-7H3/b13-9+,17-14+. The van der Waals surface area contributed by atoms with Gasteiger partial charge in [0.25, 0.3) is 0 Å². The van der Waals surface area contributed by atoms with Crippen molar-refractivity contribution < 1.29 is 9.53 Å². The van der Waals surface area contributed by atoms with E-state index in [2.05, 4.69) is 32.9 Å². The largest absolute Gasteiger partial charge is 0.457 e. The van der Waals surface area contributed by atoms with Crippen LogP contribution in [0.3, 0.4) is 0 Å². The first kappa shape index (κ1) is 19.7. The van der Waals surface area contributed by atoms with Crippen LogP contribution in [-0.4, -0.2) is 11.6 Å². The normalized spacial score (nSPS) is 14.1. The molecule has 1 unspecified atom stereocenters. The third kappa shape index (κ3) is 13.4. The smallest absolute Gasteiger partial charge is 0.331 e. The number of esters is 1. The fourth-order valence-corrected chi connectivity index (χ4v) is 1.83. The van der Waals surface area contributed by atoms with E-state index in [1.165, 1.54) is 12.0 Å². The van der Waals surface area contributed by atoms with Crippen molar-refractivity contribution in [2.24, 2.45) is 5.92 Å². The number of carbonyl (C=O) groups is 1. The van der Waals surface area contributed by atoms with E-state index in [1.807, 2.05) is 33.8 Å². The van der Waals surface area contributed by atoms with Gasteiger partial charge in [-0.1, -0.05) is 30.7 Å². The number of hydrogen-bond acceptors (Lipinski definition) is 2. The van der Waals surface area contributed by atoms with Crippen molar-refractivity contribution in [1.82, 2.24) is 0 Å². The summed E-state index contributed by atoms with van der Waals surface area (Å²) in [5.41, 5.74) is 1.88. The van der Waals surface area contributed by atoms with Crippen LogP contribution in [0.25, 0.3) is 0 Å². The molecular formula is C19H32O2. The molecule has 0 aromatic rings. The number of allylic oxidation sites excluding steroid dienone is 5. The summed E-state index contributed by atoms with van der Waals surface area (Å²) in [6.45, 7) is 14.1. The summed E-state index contributed by atoms with van der Waals surface area (Å²) in [6.07, 6.45) is 11.4. The molecule has 0 rings (SSSR count). The van der Waals surface area contributed by atoms with Crippen LogP contribution in [0.2, 0.25) is 0 Å². The fourth-order valence-electron chi connectivity index (χ4n) is 1.83. The third-order valence-corrected chi connectivity index (χ3v) is 2.88. The van der Waals surface area contributed by atoms with Crippen molar-refractivity contribution in [3.05, 3.63) is 35.5 Å². The van der Waals surface area contributed by atoms with Gasteiger partial charge in [0.15, 0.2) is 0 Å². The average molecular weight is 292 g/mol. The zero-order valence-corrected chi connectivity index (χ0v) is 14.8. The minimum absolute atomic E-state index is 0.277. The summed E-state index contributed by atoms with van der Waals surface area (Å²) >= 11 is 0. The predicted octanol–water partition coefficient (Wildman–Crippen LogP) is 5.60. The van der Waals surface area contributed by atoms with Gasteiger partial charge in [-0.15, -0.1) is 0 Å². The average Bonchev–Trinajstić information content (AvgIpc) is 2.25. The maximum absolute atomic E-state index is 11.6. The van der Waals surface area contributed by atoms with Crippen LogP contribution in [0.5, 0.6) is 0 Å². The molecule has 0 bridgehead atoms. The van der Waals surface area contributed by atoms with Crippen LogP contribution in [-0.2, 0) is 9.53 Å². The number of rotatable bonds is 7. The molecule has 0 saturated heterocycles. The first-order valence-electron chi connectivity index (χ1n) is 7.81. The van der Waals surface area contributed by atoms with Crippen LogP contribution in [0.15, 0.2) is 35.5 Å². The summed E-state index contributed by atoms with van der Waals surface area (Å²) in [6, 6.07) is 0. The maximum Gasteiger partial charge on any atom is 0.331 e. The minimum atomic E-state index is -0.434. The maximum atomic E-state index is 11.6. The fraction of sp³-hybridized carbons (Fsp3) is 0.632. The molecule has 0 N–H and O–H groups in total. The van der Waals surface area contributed by atoms with Gasteiger partial charge in [0.2, 0.25) is 0 Å². The Morgan fingerprint density at radius 1 is 1.19 bits per heavy atom. The molecule has 0 fully saturated rings. The number of ether oxygens (including phenoxy) is 1. The van der Waals surface area contributed by atoms with Crippen molar-refractivity contribution >= 4 is 5.97 Å². The van der Waals surface area contributed by atoms with E-state index in [0.29, 0.717) is 5.92 Å². The van der Waals surface area contributed by atoms with Crippen LogP contribution in [0.1, 0.15) is 67.7 Å². The SMILES string of the molecule is CC(C)=CCCC(C)C/C=C/C(C)=C/C(=O)OC(C)(C)C. The summed E-state index contributed by atoms with van der Waals surface area (Å²) in [7, 11) is 0. The highest BCUT2D eigenvalue weighted by atomic mass is 16.6. The molecule has 0 amide bonds. The topological polar surface area (TPSA) is 26.3 Å². The Bertz CT molecular complexity index is 402. The van der Waals surface area contributed by atoms with Gasteiger partial charge in [-0.3, -0.25) is 0 Å². The van der Waals surface area contributed by atoms with E-state index in [-0.39, 0.29) is 5.97 Å². The Morgan fingerprint density at radius 3 is 2.33 bits per heavy atom. The Morgan fingerprint density at radius 2 is 1.81 bits per heavy atom. The highest BCUT2D eigenvalue weighted by Crippen LogP contribution is 2.13. The van der Waals surface area contributed by atoms with Crippen molar-refractivity contribution in [2.45, 2.75) is 73.3 Å². The lowest BCUT2D eigenvalue weighted by Gasteiger charge is -2.18. The van der Waals surface area contributed by atoms with E-state index in [1.54, 1.807) is 6.08 Å². The van der Waals surface area contributed by atoms with Gasteiger partial charge in [-0.2, -0.15) is 0 Å². The van der Waals surface area contributed by atoms with Crippen molar-refractivity contribution in [2.75, 3.05) is 0 Å². The minimum Gasteiger partial charge on any atom is -0.457 e. The third-order valence-electron chi connectivity index (χ3n) is 2.88. The molecule has 0 aromatic heterocycles. The molecule has 2 nitrogen and oxygen atoms in total. The molecule has 1 atom stereocenters. The molecule has 0 radical (unpaired) electrons. The molecular weight excluding hydrogens is 260 g/mol. The summed E-state index contributed by atoms with van der Waals surface area (Å²) in [5, 5.41) is 0. The Balaban J connectivity index is 4.17. The van der Waals surface area contributed by atoms with Gasteiger partial charge in [0, 0.05) is 6.08 Å². The lowest BCUT2D eigenvalue weighted by molar-refractivity contribution is -0.148. The second kappa shape index (κ2) is 9.59. The van der Waals surface area contributed by atoms with Gasteiger partial charge in [0.05, 0.1) is 0 Å². The van der Waals surface area contributed by atoms with Gasteiger partial charge in [-0.25, -0.2) is 4.79 Å². The Kier molecular flexibility index (Phi) is 9.00. The van der Waals surface area contributed by atoms with Crippen LogP contribution < -0.4 is 0 Å². The number of hydrogen-bond donors (Lipinski definition) is 0. The van der Waals surface area contributed by atoms with Crippen molar-refractivity contribution in [3.63, 3.8) is 0 Å². The molecule has 120 valence electrons. The van der Waals surface area contributed by atoms with Gasteiger partial charge in [-0.05, 0) is 72.3 Å². The van der Waals surface area contributed by atoms with E-state index >= 15 is 0 Å². The van der Waals surface area contributed by atoms with Crippen LogP contribution in [0.4, 0.5) is 0 Å². The molecule has 2 heteroatoms. The molecule has 0 aliphatic rings. The molecule has 21 heavy (non-hydrogen) atoms. The Hall–Kier alpha value is -1.31. The van der Waals surface area contributed by atoms with E-state index in [0.717, 1.165) is 18.4 Å². The zero-order chi connectivity index (χ0) is 16.5. The monoisotopic (exact) mass is 292 g/mol. The summed E-state index contributed by atoms with van der Waals surface area (Å²) in [4.78, 5) is 11.6. The lowest BCUT2D eigenvalue weighted by atomic mass is 10.0. The first-order chi connectivity index (χ1) is 9.60. The first-order valence-corrected chi connectivity index (χ1v) is 7.81. The van der Waals surface area contributed by atoms with E-state index in [9.17, 15) is 4.79 Å². The molecule has 0 saturated carbocycles. The molecule has 0 aliphatic heterocycles. The highest BCUT2D eigenvalue weighted by molar-refractivity contribution is 5.83. The van der Waals surface area contributed by atoms with E-state index < -0.39 is 5.60 Å². The molecule has 0 heterocycles. The summed E-state index contributed by atoms with van der Waals surface area (Å²) in [5.74, 6) is 0.382.